The van der Waals surface area contributed by atoms with Gasteiger partial charge in [0.05, 0.1) is 19.4 Å². The van der Waals surface area contributed by atoms with Crippen LogP contribution in [0.4, 0.5) is 0 Å². The monoisotopic (exact) mass is 330 g/mol. The molecule has 0 N–H and O–H groups in total. The summed E-state index contributed by atoms with van der Waals surface area (Å²) in [5, 5.41) is 4.89. The summed E-state index contributed by atoms with van der Waals surface area (Å²) in [7, 11) is 0. The molecule has 1 aliphatic carbocycles. The SMILES string of the molecule is CCOC(=O)CCN(CC1CC1)C(=O)Cc1noc2ccccc12. The Balaban J connectivity index is 1.65. The number of carbonyl (C=O) groups is 2. The van der Waals surface area contributed by atoms with Crippen molar-refractivity contribution in [1.82, 2.24) is 10.1 Å². The van der Waals surface area contributed by atoms with Crippen molar-refractivity contribution in [2.75, 3.05) is 19.7 Å². The van der Waals surface area contributed by atoms with E-state index in [1.54, 1.807) is 11.8 Å². The molecule has 128 valence electrons. The van der Waals surface area contributed by atoms with Crippen LogP contribution in [0.5, 0.6) is 0 Å². The second-order valence-electron chi connectivity index (χ2n) is 6.14. The number of hydrogen-bond donors (Lipinski definition) is 0. The van der Waals surface area contributed by atoms with Crippen LogP contribution in [0.1, 0.15) is 31.9 Å². The fourth-order valence-electron chi connectivity index (χ4n) is 2.71. The van der Waals surface area contributed by atoms with Crippen LogP contribution >= 0.6 is 0 Å². The molecule has 6 nitrogen and oxygen atoms in total. The number of carbonyl (C=O) groups excluding carboxylic acids is 2. The summed E-state index contributed by atoms with van der Waals surface area (Å²) in [6.45, 7) is 3.24. The highest BCUT2D eigenvalue weighted by Crippen LogP contribution is 2.30. The van der Waals surface area contributed by atoms with E-state index in [-0.39, 0.29) is 24.7 Å². The first kappa shape index (κ1) is 16.5. The molecule has 24 heavy (non-hydrogen) atoms. The number of fused-ring (bicyclic) bond motifs is 1. The minimum Gasteiger partial charge on any atom is -0.466 e. The number of aromatic nitrogens is 1. The summed E-state index contributed by atoms with van der Waals surface area (Å²) in [6.07, 6.45) is 2.71. The molecule has 0 atom stereocenters. The standard InChI is InChI=1S/C18H22N2O4/c1-2-23-18(22)9-10-20(12-13-7-8-13)17(21)11-15-14-5-3-4-6-16(14)24-19-15/h3-6,13H,2,7-12H2,1H3. The Kier molecular flexibility index (Phi) is 5.13. The van der Waals surface area contributed by atoms with E-state index in [2.05, 4.69) is 5.16 Å². The van der Waals surface area contributed by atoms with Crippen molar-refractivity contribution < 1.29 is 18.8 Å². The van der Waals surface area contributed by atoms with E-state index in [0.29, 0.717) is 36.9 Å². The predicted molar refractivity (Wildman–Crippen MR) is 88.3 cm³/mol. The highest BCUT2D eigenvalue weighted by atomic mass is 16.5. The summed E-state index contributed by atoms with van der Waals surface area (Å²) in [5.74, 6) is 0.272. The van der Waals surface area contributed by atoms with Crippen molar-refractivity contribution in [3.8, 4) is 0 Å². The lowest BCUT2D eigenvalue weighted by molar-refractivity contribution is -0.144. The zero-order valence-electron chi connectivity index (χ0n) is 13.9. The van der Waals surface area contributed by atoms with Gasteiger partial charge in [0.2, 0.25) is 5.91 Å². The second kappa shape index (κ2) is 7.47. The van der Waals surface area contributed by atoms with E-state index in [1.165, 1.54) is 0 Å². The Labute approximate surface area is 140 Å². The molecule has 1 fully saturated rings. The first-order valence-corrected chi connectivity index (χ1v) is 8.44. The molecule has 1 heterocycles. The lowest BCUT2D eigenvalue weighted by Gasteiger charge is -2.22. The predicted octanol–water partition coefficient (Wildman–Crippen LogP) is 2.56. The minimum atomic E-state index is -0.266. The second-order valence-corrected chi connectivity index (χ2v) is 6.14. The minimum absolute atomic E-state index is 0.0229. The molecular weight excluding hydrogens is 308 g/mol. The summed E-state index contributed by atoms with van der Waals surface area (Å²) in [5.41, 5.74) is 1.33. The third kappa shape index (κ3) is 4.13. The lowest BCUT2D eigenvalue weighted by atomic mass is 10.1. The maximum atomic E-state index is 12.7. The molecular formula is C18H22N2O4. The van der Waals surface area contributed by atoms with Crippen molar-refractivity contribution in [3.63, 3.8) is 0 Å². The van der Waals surface area contributed by atoms with Gasteiger partial charge in [0, 0.05) is 18.5 Å². The maximum Gasteiger partial charge on any atom is 0.307 e. The van der Waals surface area contributed by atoms with E-state index in [1.807, 2.05) is 24.3 Å². The van der Waals surface area contributed by atoms with Gasteiger partial charge in [0.15, 0.2) is 5.58 Å². The molecule has 3 rings (SSSR count). The number of nitrogens with zero attached hydrogens (tertiary/aromatic N) is 2. The van der Waals surface area contributed by atoms with Gasteiger partial charge in [-0.2, -0.15) is 0 Å². The fourth-order valence-corrected chi connectivity index (χ4v) is 2.71. The number of hydrogen-bond acceptors (Lipinski definition) is 5. The number of ether oxygens (including phenoxy) is 1. The molecule has 0 radical (unpaired) electrons. The Hall–Kier alpha value is -2.37. The largest absolute Gasteiger partial charge is 0.466 e. The number of esters is 1. The highest BCUT2D eigenvalue weighted by Gasteiger charge is 2.27. The van der Waals surface area contributed by atoms with Crippen LogP contribution in [-0.4, -0.2) is 41.6 Å². The highest BCUT2D eigenvalue weighted by molar-refractivity contribution is 5.86. The van der Waals surface area contributed by atoms with E-state index in [9.17, 15) is 9.59 Å². The van der Waals surface area contributed by atoms with Crippen molar-refractivity contribution >= 4 is 22.8 Å². The Morgan fingerprint density at radius 2 is 2.12 bits per heavy atom. The third-order valence-corrected chi connectivity index (χ3v) is 4.19. The van der Waals surface area contributed by atoms with Crippen LogP contribution in [-0.2, 0) is 20.7 Å². The number of rotatable bonds is 8. The normalized spacial score (nSPS) is 13.9. The van der Waals surface area contributed by atoms with E-state index in [0.717, 1.165) is 18.2 Å². The average molecular weight is 330 g/mol. The van der Waals surface area contributed by atoms with Crippen LogP contribution < -0.4 is 0 Å². The van der Waals surface area contributed by atoms with Gasteiger partial charge in [-0.15, -0.1) is 0 Å². The molecule has 2 aromatic rings. The summed E-state index contributed by atoms with van der Waals surface area (Å²) >= 11 is 0. The smallest absolute Gasteiger partial charge is 0.307 e. The fraction of sp³-hybridized carbons (Fsp3) is 0.500. The van der Waals surface area contributed by atoms with Crippen LogP contribution in [0.2, 0.25) is 0 Å². The number of benzene rings is 1. The molecule has 0 saturated heterocycles. The topological polar surface area (TPSA) is 72.6 Å². The lowest BCUT2D eigenvalue weighted by Crippen LogP contribution is -2.36. The van der Waals surface area contributed by atoms with Crippen molar-refractivity contribution in [1.29, 1.82) is 0 Å². The van der Waals surface area contributed by atoms with Gasteiger partial charge >= 0.3 is 5.97 Å². The van der Waals surface area contributed by atoms with Crippen molar-refractivity contribution in [3.05, 3.63) is 30.0 Å². The molecule has 1 saturated carbocycles. The van der Waals surface area contributed by atoms with Crippen molar-refractivity contribution in [2.24, 2.45) is 5.92 Å². The van der Waals surface area contributed by atoms with E-state index in [4.69, 9.17) is 9.26 Å². The van der Waals surface area contributed by atoms with Crippen LogP contribution in [0, 0.1) is 5.92 Å². The quantitative estimate of drug-likeness (QED) is 0.696. The summed E-state index contributed by atoms with van der Waals surface area (Å²) in [6, 6.07) is 7.51. The molecule has 0 spiro atoms. The number of amides is 1. The third-order valence-electron chi connectivity index (χ3n) is 4.19. The molecule has 0 aliphatic heterocycles. The first-order valence-electron chi connectivity index (χ1n) is 8.44. The molecule has 1 aromatic carbocycles. The van der Waals surface area contributed by atoms with Crippen molar-refractivity contribution in [2.45, 2.75) is 32.6 Å². The Bertz CT molecular complexity index is 721. The molecule has 0 bridgehead atoms. The Morgan fingerprint density at radius 3 is 2.88 bits per heavy atom. The van der Waals surface area contributed by atoms with E-state index < -0.39 is 0 Å². The van der Waals surface area contributed by atoms with E-state index >= 15 is 0 Å². The molecule has 6 heteroatoms. The maximum absolute atomic E-state index is 12.7. The zero-order valence-corrected chi connectivity index (χ0v) is 13.9. The molecule has 1 aromatic heterocycles. The van der Waals surface area contributed by atoms with Gasteiger partial charge in [0.1, 0.15) is 5.69 Å². The molecule has 1 aliphatic rings. The van der Waals surface area contributed by atoms with Gasteiger partial charge in [-0.1, -0.05) is 17.3 Å². The van der Waals surface area contributed by atoms with Crippen LogP contribution in [0.15, 0.2) is 28.8 Å². The molecule has 0 unspecified atom stereocenters. The van der Waals surface area contributed by atoms with Gasteiger partial charge in [-0.25, -0.2) is 0 Å². The van der Waals surface area contributed by atoms with Crippen LogP contribution in [0.25, 0.3) is 11.0 Å². The summed E-state index contributed by atoms with van der Waals surface area (Å²) < 4.78 is 10.2. The average Bonchev–Trinajstić information content (AvgIpc) is 3.32. The van der Waals surface area contributed by atoms with Crippen LogP contribution in [0.3, 0.4) is 0 Å². The summed E-state index contributed by atoms with van der Waals surface area (Å²) in [4.78, 5) is 26.0. The first-order chi connectivity index (χ1) is 11.7. The van der Waals surface area contributed by atoms with Gasteiger partial charge in [-0.3, -0.25) is 9.59 Å². The van der Waals surface area contributed by atoms with Gasteiger partial charge < -0.3 is 14.2 Å². The Morgan fingerprint density at radius 1 is 1.33 bits per heavy atom. The number of para-hydroxylation sites is 1. The zero-order chi connectivity index (χ0) is 16.9. The molecule has 1 amide bonds. The van der Waals surface area contributed by atoms with Gasteiger partial charge in [0.25, 0.3) is 0 Å². The van der Waals surface area contributed by atoms with Gasteiger partial charge in [-0.05, 0) is 37.8 Å².